The molecule has 22 heavy (non-hydrogen) atoms. The van der Waals surface area contributed by atoms with Crippen molar-refractivity contribution in [1.29, 1.82) is 0 Å². The van der Waals surface area contributed by atoms with Gasteiger partial charge in [-0.3, -0.25) is 14.4 Å². The third-order valence-corrected chi connectivity index (χ3v) is 4.65. The Kier molecular flexibility index (Phi) is 5.24. The van der Waals surface area contributed by atoms with Crippen LogP contribution in [0.3, 0.4) is 0 Å². The van der Waals surface area contributed by atoms with Crippen LogP contribution >= 0.6 is 11.8 Å². The van der Waals surface area contributed by atoms with Gasteiger partial charge in [0.1, 0.15) is 0 Å². The van der Waals surface area contributed by atoms with Crippen LogP contribution < -0.4 is 4.90 Å². The fraction of sp³-hybridized carbons (Fsp3) is 0.438. The van der Waals surface area contributed by atoms with E-state index < -0.39 is 5.25 Å². The summed E-state index contributed by atoms with van der Waals surface area (Å²) in [6.07, 6.45) is 0.122. The van der Waals surface area contributed by atoms with Gasteiger partial charge in [0.15, 0.2) is 0 Å². The number of imide groups is 1. The van der Waals surface area contributed by atoms with E-state index in [-0.39, 0.29) is 30.0 Å². The first-order valence-corrected chi connectivity index (χ1v) is 8.20. The molecule has 0 bridgehead atoms. The molecule has 1 atom stereocenters. The summed E-state index contributed by atoms with van der Waals surface area (Å²) in [7, 11) is 0. The molecule has 1 aromatic rings. The number of carbonyl (C=O) groups excluding carboxylic acids is 3. The number of ether oxygens (including phenoxy) is 1. The summed E-state index contributed by atoms with van der Waals surface area (Å²) in [5.41, 5.74) is 2.44. The van der Waals surface area contributed by atoms with Crippen molar-refractivity contribution in [2.45, 2.75) is 32.4 Å². The molecule has 1 saturated heterocycles. The van der Waals surface area contributed by atoms with Crippen molar-refractivity contribution >= 4 is 35.2 Å². The fourth-order valence-corrected chi connectivity index (χ4v) is 3.43. The number of para-hydroxylation sites is 1. The number of rotatable bonds is 5. The van der Waals surface area contributed by atoms with E-state index >= 15 is 0 Å². The van der Waals surface area contributed by atoms with Gasteiger partial charge in [-0.2, -0.15) is 0 Å². The Hall–Kier alpha value is -1.82. The number of carbonyl (C=O) groups is 3. The van der Waals surface area contributed by atoms with E-state index in [1.807, 2.05) is 32.0 Å². The maximum Gasteiger partial charge on any atom is 0.315 e. The van der Waals surface area contributed by atoms with E-state index in [2.05, 4.69) is 0 Å². The number of amides is 2. The Morgan fingerprint density at radius 1 is 1.32 bits per heavy atom. The Morgan fingerprint density at radius 3 is 2.55 bits per heavy atom. The van der Waals surface area contributed by atoms with Crippen LogP contribution in [0.25, 0.3) is 0 Å². The van der Waals surface area contributed by atoms with Crippen molar-refractivity contribution in [3.63, 3.8) is 0 Å². The number of esters is 1. The van der Waals surface area contributed by atoms with Crippen molar-refractivity contribution in [3.05, 3.63) is 29.3 Å². The van der Waals surface area contributed by atoms with Crippen molar-refractivity contribution in [2.75, 3.05) is 17.3 Å². The monoisotopic (exact) mass is 321 g/mol. The van der Waals surface area contributed by atoms with Crippen LogP contribution in [0.2, 0.25) is 0 Å². The van der Waals surface area contributed by atoms with Gasteiger partial charge in [0.25, 0.3) is 0 Å². The molecule has 0 unspecified atom stereocenters. The lowest BCUT2D eigenvalue weighted by molar-refractivity contribution is -0.139. The maximum atomic E-state index is 12.5. The summed E-state index contributed by atoms with van der Waals surface area (Å²) in [6, 6.07) is 5.65. The standard InChI is InChI=1S/C16H19NO4S/c1-4-21-14(19)9-22-12-8-13(18)17(16(12)20)15-10(2)6-5-7-11(15)3/h5-7,12H,4,8-9H2,1-3H3/t12-/m0/s1. The molecular weight excluding hydrogens is 302 g/mol. The quantitative estimate of drug-likeness (QED) is 0.615. The third-order valence-electron chi connectivity index (χ3n) is 3.48. The Balaban J connectivity index is 2.14. The first-order valence-electron chi connectivity index (χ1n) is 7.16. The average molecular weight is 321 g/mol. The molecular formula is C16H19NO4S. The number of anilines is 1. The van der Waals surface area contributed by atoms with Gasteiger partial charge in [0.2, 0.25) is 11.8 Å². The molecule has 1 fully saturated rings. The highest BCUT2D eigenvalue weighted by atomic mass is 32.2. The second-order valence-electron chi connectivity index (χ2n) is 5.12. The van der Waals surface area contributed by atoms with Gasteiger partial charge in [-0.15, -0.1) is 11.8 Å². The smallest absolute Gasteiger partial charge is 0.315 e. The van der Waals surface area contributed by atoms with Gasteiger partial charge in [-0.1, -0.05) is 18.2 Å². The molecule has 5 nitrogen and oxygen atoms in total. The highest BCUT2D eigenvalue weighted by Crippen LogP contribution is 2.33. The molecule has 1 heterocycles. The summed E-state index contributed by atoms with van der Waals surface area (Å²) >= 11 is 1.17. The topological polar surface area (TPSA) is 63.7 Å². The molecule has 0 aromatic heterocycles. The molecule has 2 amide bonds. The van der Waals surface area contributed by atoms with Crippen molar-refractivity contribution < 1.29 is 19.1 Å². The predicted octanol–water partition coefficient (Wildman–Crippen LogP) is 2.23. The normalized spacial score (nSPS) is 18.0. The molecule has 0 saturated carbocycles. The predicted molar refractivity (Wildman–Crippen MR) is 85.9 cm³/mol. The SMILES string of the molecule is CCOC(=O)CS[C@H]1CC(=O)N(c2c(C)cccc2C)C1=O. The highest BCUT2D eigenvalue weighted by molar-refractivity contribution is 8.01. The van der Waals surface area contributed by atoms with E-state index in [1.54, 1.807) is 6.92 Å². The molecule has 0 aliphatic carbocycles. The average Bonchev–Trinajstić information content (AvgIpc) is 2.73. The van der Waals surface area contributed by atoms with Crippen molar-refractivity contribution in [2.24, 2.45) is 0 Å². The number of benzene rings is 1. The summed E-state index contributed by atoms with van der Waals surface area (Å²) in [4.78, 5) is 37.4. The van der Waals surface area contributed by atoms with Gasteiger partial charge in [-0.05, 0) is 31.9 Å². The zero-order valence-corrected chi connectivity index (χ0v) is 13.7. The van der Waals surface area contributed by atoms with Crippen LogP contribution in [0.4, 0.5) is 5.69 Å². The van der Waals surface area contributed by atoms with Gasteiger partial charge in [0.05, 0.1) is 23.3 Å². The third kappa shape index (κ3) is 3.32. The van der Waals surface area contributed by atoms with E-state index in [0.717, 1.165) is 11.1 Å². The zero-order valence-electron chi connectivity index (χ0n) is 12.9. The Bertz CT molecular complexity index is 594. The number of nitrogens with zero attached hydrogens (tertiary/aromatic N) is 1. The summed E-state index contributed by atoms with van der Waals surface area (Å²) in [5.74, 6) is -0.753. The van der Waals surface area contributed by atoms with Gasteiger partial charge in [0, 0.05) is 6.42 Å². The van der Waals surface area contributed by atoms with Gasteiger partial charge < -0.3 is 4.74 Å². The van der Waals surface area contributed by atoms with Crippen LogP contribution in [-0.4, -0.2) is 35.4 Å². The molecule has 0 radical (unpaired) electrons. The highest BCUT2D eigenvalue weighted by Gasteiger charge is 2.41. The van der Waals surface area contributed by atoms with E-state index in [1.165, 1.54) is 16.7 Å². The lowest BCUT2D eigenvalue weighted by Crippen LogP contribution is -2.32. The second-order valence-corrected chi connectivity index (χ2v) is 6.31. The van der Waals surface area contributed by atoms with Crippen molar-refractivity contribution in [3.8, 4) is 0 Å². The van der Waals surface area contributed by atoms with E-state index in [4.69, 9.17) is 4.74 Å². The van der Waals surface area contributed by atoms with Crippen LogP contribution in [-0.2, 0) is 19.1 Å². The maximum absolute atomic E-state index is 12.5. The first-order chi connectivity index (χ1) is 10.5. The molecule has 0 N–H and O–H groups in total. The number of aryl methyl sites for hydroxylation is 2. The van der Waals surface area contributed by atoms with Crippen LogP contribution in [0.5, 0.6) is 0 Å². The van der Waals surface area contributed by atoms with E-state index in [0.29, 0.717) is 12.3 Å². The molecule has 6 heteroatoms. The summed E-state index contributed by atoms with van der Waals surface area (Å²) in [6.45, 7) is 5.80. The van der Waals surface area contributed by atoms with E-state index in [9.17, 15) is 14.4 Å². The zero-order chi connectivity index (χ0) is 16.3. The van der Waals surface area contributed by atoms with Crippen LogP contribution in [0, 0.1) is 13.8 Å². The largest absolute Gasteiger partial charge is 0.465 e. The summed E-state index contributed by atoms with van der Waals surface area (Å²) in [5, 5.41) is -0.518. The molecule has 2 rings (SSSR count). The van der Waals surface area contributed by atoms with Crippen LogP contribution in [0.15, 0.2) is 18.2 Å². The second kappa shape index (κ2) is 6.96. The number of hydrogen-bond donors (Lipinski definition) is 0. The minimum Gasteiger partial charge on any atom is -0.465 e. The minimum absolute atomic E-state index is 0.0815. The molecule has 1 aromatic carbocycles. The van der Waals surface area contributed by atoms with Crippen molar-refractivity contribution in [1.82, 2.24) is 0 Å². The Morgan fingerprint density at radius 2 is 1.95 bits per heavy atom. The first kappa shape index (κ1) is 16.5. The Labute approximate surface area is 134 Å². The molecule has 0 spiro atoms. The molecule has 118 valence electrons. The van der Waals surface area contributed by atoms with Gasteiger partial charge in [-0.25, -0.2) is 4.90 Å². The van der Waals surface area contributed by atoms with Crippen LogP contribution in [0.1, 0.15) is 24.5 Å². The number of hydrogen-bond acceptors (Lipinski definition) is 5. The fourth-order valence-electron chi connectivity index (χ4n) is 2.50. The van der Waals surface area contributed by atoms with Gasteiger partial charge >= 0.3 is 5.97 Å². The summed E-state index contributed by atoms with van der Waals surface area (Å²) < 4.78 is 4.84. The molecule has 1 aliphatic rings. The molecule has 1 aliphatic heterocycles. The lowest BCUT2D eigenvalue weighted by atomic mass is 10.1. The number of thioether (sulfide) groups is 1. The lowest BCUT2D eigenvalue weighted by Gasteiger charge is -2.19. The minimum atomic E-state index is -0.518.